The molecule has 2 nitrogen and oxygen atoms in total. The lowest BCUT2D eigenvalue weighted by molar-refractivity contribution is 0.196. The van der Waals surface area contributed by atoms with Crippen molar-refractivity contribution < 1.29 is 0 Å². The van der Waals surface area contributed by atoms with Crippen molar-refractivity contribution in [1.29, 1.82) is 0 Å². The van der Waals surface area contributed by atoms with Crippen molar-refractivity contribution in [2.45, 2.75) is 45.6 Å². The molecule has 4 heteroatoms. The zero-order valence-electron chi connectivity index (χ0n) is 11.5. The van der Waals surface area contributed by atoms with Crippen molar-refractivity contribution in [3.8, 4) is 0 Å². The van der Waals surface area contributed by atoms with Crippen molar-refractivity contribution in [2.75, 3.05) is 0 Å². The van der Waals surface area contributed by atoms with E-state index in [-0.39, 0.29) is 6.04 Å². The first kappa shape index (κ1) is 15.1. The highest BCUT2D eigenvalue weighted by Crippen LogP contribution is 2.45. The molecular weight excluding hydrogens is 279 g/mol. The van der Waals surface area contributed by atoms with Gasteiger partial charge in [-0.1, -0.05) is 49.5 Å². The minimum absolute atomic E-state index is 0.260. The second kappa shape index (κ2) is 6.01. The number of rotatable bonds is 4. The highest BCUT2D eigenvalue weighted by molar-refractivity contribution is 6.35. The molecule has 106 valence electrons. The molecule has 2 unspecified atom stereocenters. The Kier molecular flexibility index (Phi) is 4.78. The maximum atomic E-state index is 6.26. The van der Waals surface area contributed by atoms with E-state index in [4.69, 9.17) is 29.0 Å². The van der Waals surface area contributed by atoms with Crippen molar-refractivity contribution in [3.63, 3.8) is 0 Å². The lowest BCUT2D eigenvalue weighted by Gasteiger charge is -2.34. The molecule has 0 amide bonds. The summed E-state index contributed by atoms with van der Waals surface area (Å²) in [5.74, 6) is 6.37. The van der Waals surface area contributed by atoms with E-state index in [1.54, 1.807) is 6.07 Å². The highest BCUT2D eigenvalue weighted by Gasteiger charge is 2.39. The zero-order valence-corrected chi connectivity index (χ0v) is 13.1. The van der Waals surface area contributed by atoms with Crippen LogP contribution in [0.4, 0.5) is 0 Å². The van der Waals surface area contributed by atoms with E-state index in [0.29, 0.717) is 16.4 Å². The molecule has 1 fully saturated rings. The molecule has 0 spiro atoms. The smallest absolute Gasteiger partial charge is 0.0453 e. The summed E-state index contributed by atoms with van der Waals surface area (Å²) >= 11 is 12.2. The average Bonchev–Trinajstić information content (AvgIpc) is 2.68. The lowest BCUT2D eigenvalue weighted by atomic mass is 9.76. The molecule has 0 aromatic heterocycles. The van der Waals surface area contributed by atoms with Crippen molar-refractivity contribution in [3.05, 3.63) is 33.8 Å². The van der Waals surface area contributed by atoms with Crippen molar-refractivity contribution in [1.82, 2.24) is 5.43 Å². The summed E-state index contributed by atoms with van der Waals surface area (Å²) < 4.78 is 0. The Bertz CT molecular complexity index is 446. The second-order valence-corrected chi connectivity index (χ2v) is 7.04. The SMILES string of the molecule is CC1(C)CCCC1C(Cc1ccc(Cl)cc1Cl)NN. The van der Waals surface area contributed by atoms with Crippen molar-refractivity contribution in [2.24, 2.45) is 17.2 Å². The van der Waals surface area contributed by atoms with Gasteiger partial charge in [0.2, 0.25) is 0 Å². The lowest BCUT2D eigenvalue weighted by Crippen LogP contribution is -2.45. The van der Waals surface area contributed by atoms with Gasteiger partial charge in [-0.3, -0.25) is 11.3 Å². The summed E-state index contributed by atoms with van der Waals surface area (Å²) in [5, 5.41) is 1.40. The number of halogens is 2. The third kappa shape index (κ3) is 3.43. The van der Waals surface area contributed by atoms with Crippen LogP contribution in [0.25, 0.3) is 0 Å². The predicted molar refractivity (Wildman–Crippen MR) is 82.4 cm³/mol. The zero-order chi connectivity index (χ0) is 14.0. The Labute approximate surface area is 125 Å². The van der Waals surface area contributed by atoms with Gasteiger partial charge in [0.15, 0.2) is 0 Å². The van der Waals surface area contributed by atoms with Crippen LogP contribution in [0, 0.1) is 11.3 Å². The molecule has 0 saturated heterocycles. The molecule has 1 saturated carbocycles. The summed E-state index contributed by atoms with van der Waals surface area (Å²) in [6, 6.07) is 5.94. The number of nitrogens with two attached hydrogens (primary N) is 1. The summed E-state index contributed by atoms with van der Waals surface area (Å²) in [5.41, 5.74) is 4.45. The third-order valence-corrected chi connectivity index (χ3v) is 5.08. The molecular formula is C15H22Cl2N2. The van der Waals surface area contributed by atoms with Gasteiger partial charge < -0.3 is 0 Å². The number of hydrogen-bond acceptors (Lipinski definition) is 2. The number of hydrazine groups is 1. The van der Waals surface area contributed by atoms with Crippen LogP contribution < -0.4 is 11.3 Å². The van der Waals surface area contributed by atoms with E-state index in [9.17, 15) is 0 Å². The van der Waals surface area contributed by atoms with Gasteiger partial charge in [0.1, 0.15) is 0 Å². The molecule has 0 bridgehead atoms. The van der Waals surface area contributed by atoms with Crippen LogP contribution >= 0.6 is 23.2 Å². The molecule has 0 heterocycles. The van der Waals surface area contributed by atoms with E-state index < -0.39 is 0 Å². The predicted octanol–water partition coefficient (Wildman–Crippen LogP) is 4.19. The molecule has 1 aromatic rings. The molecule has 3 N–H and O–H groups in total. The van der Waals surface area contributed by atoms with E-state index in [1.807, 2.05) is 12.1 Å². The van der Waals surface area contributed by atoms with Crippen LogP contribution in [0.3, 0.4) is 0 Å². The summed E-state index contributed by atoms with van der Waals surface area (Å²) in [6.07, 6.45) is 4.63. The van der Waals surface area contributed by atoms with Crippen molar-refractivity contribution >= 4 is 23.2 Å². The fourth-order valence-corrected chi connectivity index (χ4v) is 3.83. The maximum absolute atomic E-state index is 6.26. The standard InChI is InChI=1S/C15H22Cl2N2/c1-15(2)7-3-4-12(15)14(19-18)8-10-5-6-11(16)9-13(10)17/h5-6,9,12,14,19H,3-4,7-8,18H2,1-2H3. The van der Waals surface area contributed by atoms with Gasteiger partial charge in [0.05, 0.1) is 0 Å². The highest BCUT2D eigenvalue weighted by atomic mass is 35.5. The molecule has 2 atom stereocenters. The quantitative estimate of drug-likeness (QED) is 0.646. The second-order valence-electron chi connectivity index (χ2n) is 6.20. The normalized spacial score (nSPS) is 23.5. The molecule has 19 heavy (non-hydrogen) atoms. The van der Waals surface area contributed by atoms with Crippen LogP contribution in [0.2, 0.25) is 10.0 Å². The maximum Gasteiger partial charge on any atom is 0.0453 e. The monoisotopic (exact) mass is 300 g/mol. The minimum atomic E-state index is 0.260. The molecule has 1 aliphatic rings. The Morgan fingerprint density at radius 1 is 1.42 bits per heavy atom. The van der Waals surface area contributed by atoms with Gasteiger partial charge in [-0.2, -0.15) is 0 Å². The Hall–Kier alpha value is -0.280. The van der Waals surface area contributed by atoms with Gasteiger partial charge in [-0.15, -0.1) is 0 Å². The first-order chi connectivity index (χ1) is 8.94. The first-order valence-electron chi connectivity index (χ1n) is 6.84. The Morgan fingerprint density at radius 2 is 2.16 bits per heavy atom. The van der Waals surface area contributed by atoms with Gasteiger partial charge in [-0.05, 0) is 48.3 Å². The van der Waals surface area contributed by atoms with Crippen LogP contribution in [0.1, 0.15) is 38.7 Å². The summed E-state index contributed by atoms with van der Waals surface area (Å²) in [6.45, 7) is 4.66. The summed E-state index contributed by atoms with van der Waals surface area (Å²) in [4.78, 5) is 0. The van der Waals surface area contributed by atoms with E-state index in [1.165, 1.54) is 19.3 Å². The molecule has 0 aliphatic heterocycles. The van der Waals surface area contributed by atoms with Crippen LogP contribution in [-0.4, -0.2) is 6.04 Å². The fraction of sp³-hybridized carbons (Fsp3) is 0.600. The largest absolute Gasteiger partial charge is 0.271 e. The third-order valence-electron chi connectivity index (χ3n) is 4.49. The summed E-state index contributed by atoms with van der Waals surface area (Å²) in [7, 11) is 0. The topological polar surface area (TPSA) is 38.0 Å². The van der Waals surface area contributed by atoms with E-state index >= 15 is 0 Å². The van der Waals surface area contributed by atoms with Crippen LogP contribution in [0.5, 0.6) is 0 Å². The van der Waals surface area contributed by atoms with Gasteiger partial charge in [0.25, 0.3) is 0 Å². The van der Waals surface area contributed by atoms with Gasteiger partial charge in [-0.25, -0.2) is 0 Å². The number of nitrogens with one attached hydrogen (secondary N) is 1. The average molecular weight is 301 g/mol. The van der Waals surface area contributed by atoms with Gasteiger partial charge in [0, 0.05) is 16.1 Å². The molecule has 0 radical (unpaired) electrons. The van der Waals surface area contributed by atoms with Gasteiger partial charge >= 0.3 is 0 Å². The molecule has 1 aliphatic carbocycles. The van der Waals surface area contributed by atoms with Crippen LogP contribution in [-0.2, 0) is 6.42 Å². The minimum Gasteiger partial charge on any atom is -0.271 e. The molecule has 1 aromatic carbocycles. The van der Waals surface area contributed by atoms with Crippen LogP contribution in [0.15, 0.2) is 18.2 Å². The first-order valence-corrected chi connectivity index (χ1v) is 7.59. The van der Waals surface area contributed by atoms with E-state index in [0.717, 1.165) is 17.0 Å². The molecule has 2 rings (SSSR count). The number of hydrogen-bond donors (Lipinski definition) is 2. The Balaban J connectivity index is 2.15. The van der Waals surface area contributed by atoms with E-state index in [2.05, 4.69) is 19.3 Å². The number of benzene rings is 1. The fourth-order valence-electron chi connectivity index (χ4n) is 3.34. The Morgan fingerprint density at radius 3 is 2.68 bits per heavy atom.